The van der Waals surface area contributed by atoms with Crippen molar-refractivity contribution < 1.29 is 23.4 Å². The number of hydrogen-bond acceptors (Lipinski definition) is 5. The molecule has 0 spiro atoms. The Hall–Kier alpha value is -1.47. The summed E-state index contributed by atoms with van der Waals surface area (Å²) >= 11 is 0. The summed E-state index contributed by atoms with van der Waals surface area (Å²) < 4.78 is 24.6. The molecule has 1 fully saturated rings. The second-order valence-electron chi connectivity index (χ2n) is 11.2. The van der Waals surface area contributed by atoms with Gasteiger partial charge in [-0.05, 0) is 62.7 Å². The van der Waals surface area contributed by atoms with Gasteiger partial charge in [-0.25, -0.2) is 4.79 Å². The van der Waals surface area contributed by atoms with Gasteiger partial charge in [0.05, 0.1) is 24.9 Å². The van der Waals surface area contributed by atoms with Gasteiger partial charge in [0, 0.05) is 12.5 Å². The summed E-state index contributed by atoms with van der Waals surface area (Å²) in [5, 5.41) is 0.135. The van der Waals surface area contributed by atoms with Gasteiger partial charge in [0.1, 0.15) is 0 Å². The van der Waals surface area contributed by atoms with Crippen molar-refractivity contribution in [2.24, 2.45) is 5.92 Å². The SMILES string of the molecule is C[C@H](CC/C=C/C(=O)OCCc1ccccc1)O[C@@H]1O[C@@H](C)[C@H](C)C[C@H]1O[Si](C)(C)C(C)(C)C. The lowest BCUT2D eigenvalue weighted by Crippen LogP contribution is -2.53. The van der Waals surface area contributed by atoms with Gasteiger partial charge in [-0.15, -0.1) is 0 Å². The third-order valence-corrected chi connectivity index (χ3v) is 11.7. The number of rotatable bonds is 11. The number of ether oxygens (including phenoxy) is 3. The molecule has 34 heavy (non-hydrogen) atoms. The van der Waals surface area contributed by atoms with E-state index in [2.05, 4.69) is 54.6 Å². The third kappa shape index (κ3) is 9.29. The maximum Gasteiger partial charge on any atom is 0.330 e. The average molecular weight is 491 g/mol. The van der Waals surface area contributed by atoms with Crippen molar-refractivity contribution in [1.29, 1.82) is 0 Å². The maximum absolute atomic E-state index is 11.9. The molecule has 1 heterocycles. The van der Waals surface area contributed by atoms with Crippen LogP contribution >= 0.6 is 0 Å². The molecule has 1 saturated heterocycles. The molecule has 1 aliphatic heterocycles. The maximum atomic E-state index is 11.9. The van der Waals surface area contributed by atoms with Crippen LogP contribution in [0.1, 0.15) is 66.4 Å². The minimum Gasteiger partial charge on any atom is -0.462 e. The molecule has 0 unspecified atom stereocenters. The Labute approximate surface area is 208 Å². The number of carbonyl (C=O) groups is 1. The summed E-state index contributed by atoms with van der Waals surface area (Å²) in [6, 6.07) is 10.0. The smallest absolute Gasteiger partial charge is 0.330 e. The normalized spacial score (nSPS) is 24.8. The van der Waals surface area contributed by atoms with Crippen molar-refractivity contribution in [3.63, 3.8) is 0 Å². The van der Waals surface area contributed by atoms with Crippen LogP contribution in [0.5, 0.6) is 0 Å². The van der Waals surface area contributed by atoms with Gasteiger partial charge in [-0.2, -0.15) is 0 Å². The highest BCUT2D eigenvalue weighted by molar-refractivity contribution is 6.74. The molecular formula is C28H46O5Si. The van der Waals surface area contributed by atoms with E-state index in [-0.39, 0.29) is 35.6 Å². The Bertz CT molecular complexity index is 771. The Kier molecular flexibility index (Phi) is 11.0. The van der Waals surface area contributed by atoms with Crippen LogP contribution in [0.4, 0.5) is 0 Å². The van der Waals surface area contributed by atoms with Gasteiger partial charge in [0.25, 0.3) is 0 Å². The van der Waals surface area contributed by atoms with Gasteiger partial charge in [0.2, 0.25) is 0 Å². The molecule has 1 aromatic rings. The Morgan fingerprint density at radius 2 is 1.88 bits per heavy atom. The highest BCUT2D eigenvalue weighted by Crippen LogP contribution is 2.40. The monoisotopic (exact) mass is 490 g/mol. The first-order valence-corrected chi connectivity index (χ1v) is 15.7. The van der Waals surface area contributed by atoms with Crippen LogP contribution in [-0.2, 0) is 29.9 Å². The van der Waals surface area contributed by atoms with Crippen molar-refractivity contribution in [2.45, 2.75) is 110 Å². The second kappa shape index (κ2) is 13.0. The lowest BCUT2D eigenvalue weighted by atomic mass is 9.95. The van der Waals surface area contributed by atoms with Crippen LogP contribution in [0.2, 0.25) is 18.1 Å². The molecule has 0 amide bonds. The largest absolute Gasteiger partial charge is 0.462 e. The highest BCUT2D eigenvalue weighted by Gasteiger charge is 2.44. The van der Waals surface area contributed by atoms with E-state index in [0.29, 0.717) is 12.5 Å². The number of benzene rings is 1. The minimum atomic E-state index is -1.94. The fourth-order valence-electron chi connectivity index (χ4n) is 3.65. The average Bonchev–Trinajstić information content (AvgIpc) is 2.74. The number of allylic oxidation sites excluding steroid dienone is 1. The third-order valence-electron chi connectivity index (χ3n) is 7.15. The second-order valence-corrected chi connectivity index (χ2v) is 15.9. The van der Waals surface area contributed by atoms with E-state index in [1.165, 1.54) is 6.08 Å². The molecule has 0 aromatic heterocycles. The molecule has 0 saturated carbocycles. The standard InChI is InChI=1S/C28H46O5Si/c1-21-20-25(33-34(7,8)28(4,5)6)27(32-23(21)3)31-22(2)14-12-13-17-26(29)30-19-18-24-15-10-9-11-16-24/h9-11,13,15-17,21-23,25,27H,12,14,18-20H2,1-8H3/b17-13+/t21-,22-,23+,25-,27-/m1/s1. The first-order valence-electron chi connectivity index (χ1n) is 12.7. The quantitative estimate of drug-likeness (QED) is 0.197. The van der Waals surface area contributed by atoms with E-state index in [1.807, 2.05) is 36.4 Å². The molecule has 6 heteroatoms. The van der Waals surface area contributed by atoms with Crippen LogP contribution in [-0.4, -0.2) is 45.5 Å². The zero-order valence-corrected chi connectivity index (χ0v) is 23.5. The summed E-state index contributed by atoms with van der Waals surface area (Å²) in [7, 11) is -1.94. The summed E-state index contributed by atoms with van der Waals surface area (Å²) in [6.45, 7) is 18.1. The van der Waals surface area contributed by atoms with Gasteiger partial charge >= 0.3 is 5.97 Å². The highest BCUT2D eigenvalue weighted by atomic mass is 28.4. The molecule has 0 aliphatic carbocycles. The van der Waals surface area contributed by atoms with Gasteiger partial charge in [0.15, 0.2) is 14.6 Å². The lowest BCUT2D eigenvalue weighted by Gasteiger charge is -2.45. The van der Waals surface area contributed by atoms with Crippen molar-refractivity contribution >= 4 is 14.3 Å². The molecule has 2 rings (SSSR count). The number of hydrogen-bond donors (Lipinski definition) is 0. The van der Waals surface area contributed by atoms with Crippen LogP contribution in [0.25, 0.3) is 0 Å². The van der Waals surface area contributed by atoms with Crippen LogP contribution in [0.15, 0.2) is 42.5 Å². The zero-order chi connectivity index (χ0) is 25.4. The van der Waals surface area contributed by atoms with Gasteiger partial charge in [-0.3, -0.25) is 0 Å². The summed E-state index contributed by atoms with van der Waals surface area (Å²) in [4.78, 5) is 11.9. The zero-order valence-electron chi connectivity index (χ0n) is 22.5. The van der Waals surface area contributed by atoms with E-state index in [9.17, 15) is 4.79 Å². The molecule has 5 nitrogen and oxygen atoms in total. The Morgan fingerprint density at radius 3 is 2.53 bits per heavy atom. The Balaban J connectivity index is 1.78. The molecule has 5 atom stereocenters. The lowest BCUT2D eigenvalue weighted by molar-refractivity contribution is -0.259. The van der Waals surface area contributed by atoms with Crippen molar-refractivity contribution in [3.8, 4) is 0 Å². The summed E-state index contributed by atoms with van der Waals surface area (Å²) in [5.74, 6) is 0.131. The molecule has 192 valence electrons. The summed E-state index contributed by atoms with van der Waals surface area (Å²) in [5.41, 5.74) is 1.16. The fourth-order valence-corrected chi connectivity index (χ4v) is 4.97. The van der Waals surface area contributed by atoms with Crippen LogP contribution in [0, 0.1) is 5.92 Å². The molecule has 0 bridgehead atoms. The molecule has 0 radical (unpaired) electrons. The fraction of sp³-hybridized carbons (Fsp3) is 0.679. The number of esters is 1. The molecule has 0 N–H and O–H groups in total. The van der Waals surface area contributed by atoms with Crippen LogP contribution < -0.4 is 0 Å². The van der Waals surface area contributed by atoms with Crippen molar-refractivity contribution in [1.82, 2.24) is 0 Å². The van der Waals surface area contributed by atoms with E-state index in [0.717, 1.165) is 31.2 Å². The molecule has 1 aliphatic rings. The Morgan fingerprint density at radius 1 is 1.21 bits per heavy atom. The predicted molar refractivity (Wildman–Crippen MR) is 140 cm³/mol. The minimum absolute atomic E-state index is 0.00475. The summed E-state index contributed by atoms with van der Waals surface area (Å²) in [6.07, 6.45) is 6.31. The van der Waals surface area contributed by atoms with Gasteiger partial charge < -0.3 is 18.6 Å². The van der Waals surface area contributed by atoms with E-state index in [1.54, 1.807) is 0 Å². The molecular weight excluding hydrogens is 444 g/mol. The van der Waals surface area contributed by atoms with E-state index < -0.39 is 8.32 Å². The number of carbonyl (C=O) groups excluding carboxylic acids is 1. The van der Waals surface area contributed by atoms with E-state index >= 15 is 0 Å². The van der Waals surface area contributed by atoms with Crippen LogP contribution in [0.3, 0.4) is 0 Å². The van der Waals surface area contributed by atoms with E-state index in [4.69, 9.17) is 18.6 Å². The van der Waals surface area contributed by atoms with Gasteiger partial charge in [-0.1, -0.05) is 64.1 Å². The van der Waals surface area contributed by atoms with Crippen molar-refractivity contribution in [3.05, 3.63) is 48.0 Å². The van der Waals surface area contributed by atoms with Crippen molar-refractivity contribution in [2.75, 3.05) is 6.61 Å². The molecule has 1 aromatic carbocycles. The first-order chi connectivity index (χ1) is 15.9. The first kappa shape index (κ1) is 28.8. The predicted octanol–water partition coefficient (Wildman–Crippen LogP) is 6.68. The topological polar surface area (TPSA) is 54.0 Å².